The molecular weight excluding hydrogens is 776 g/mol. The number of benzene rings is 1. The molecule has 222 valence electrons. The number of rotatable bonds is 13. The molecule has 0 N–H and O–H groups in total. The smallest absolute Gasteiger partial charge is 0.143 e. The Morgan fingerprint density at radius 2 is 1.62 bits per heavy atom. The first-order chi connectivity index (χ1) is 18.8. The molecule has 0 aromatic heterocycles. The number of unbranched alkanes of at least 4 members (excludes halogenated alkanes) is 2. The molecule has 0 saturated carbocycles. The van der Waals surface area contributed by atoms with Gasteiger partial charge in [-0.25, -0.2) is 0 Å². The Morgan fingerprint density at radius 1 is 0.950 bits per heavy atom. The van der Waals surface area contributed by atoms with Crippen molar-refractivity contribution in [2.24, 2.45) is 11.3 Å². The summed E-state index contributed by atoms with van der Waals surface area (Å²) in [5.74, 6) is 1.29. The first kappa shape index (κ1) is 34.6. The van der Waals surface area contributed by atoms with Crippen LogP contribution in [0.3, 0.4) is 0 Å². The second kappa shape index (κ2) is 15.2. The Labute approximate surface area is 278 Å². The van der Waals surface area contributed by atoms with Crippen molar-refractivity contribution in [1.82, 2.24) is 0 Å². The van der Waals surface area contributed by atoms with E-state index < -0.39 is 8.07 Å². The van der Waals surface area contributed by atoms with Crippen LogP contribution in [0, 0.1) is 25.2 Å². The third-order valence-corrected chi connectivity index (χ3v) is 14.5. The van der Waals surface area contributed by atoms with Crippen LogP contribution >= 0.6 is 63.7 Å². The van der Waals surface area contributed by atoms with Crippen molar-refractivity contribution in [2.45, 2.75) is 96.8 Å². The van der Waals surface area contributed by atoms with E-state index in [1.54, 1.807) is 5.19 Å². The maximum atomic E-state index is 6.32. The van der Waals surface area contributed by atoms with E-state index in [9.17, 15) is 0 Å². The third-order valence-electron chi connectivity index (χ3n) is 8.27. The van der Waals surface area contributed by atoms with Crippen molar-refractivity contribution in [3.05, 3.63) is 72.3 Å². The summed E-state index contributed by atoms with van der Waals surface area (Å²) >= 11 is 15.4. The first-order valence-electron chi connectivity index (χ1n) is 14.6. The molecule has 2 aliphatic carbocycles. The summed E-state index contributed by atoms with van der Waals surface area (Å²) in [6.07, 6.45) is 12.4. The fraction of sp³-hybridized carbons (Fsp3) is 0.576. The second-order valence-electron chi connectivity index (χ2n) is 12.6. The van der Waals surface area contributed by atoms with Crippen LogP contribution in [-0.4, -0.2) is 32.2 Å². The van der Waals surface area contributed by atoms with Gasteiger partial charge in [-0.05, 0) is 72.0 Å². The average molecular weight is 822 g/mol. The maximum Gasteiger partial charge on any atom is 0.143 e. The van der Waals surface area contributed by atoms with Crippen molar-refractivity contribution in [2.75, 3.05) is 13.2 Å². The highest BCUT2D eigenvalue weighted by atomic mass is 79.9. The molecule has 2 nitrogen and oxygen atoms in total. The highest BCUT2D eigenvalue weighted by molar-refractivity contribution is 9.12. The molecule has 0 aliphatic heterocycles. The molecule has 3 rings (SSSR count). The van der Waals surface area contributed by atoms with Crippen LogP contribution in [0.25, 0.3) is 0 Å². The third kappa shape index (κ3) is 9.04. The largest absolute Gasteiger partial charge is 0.492 e. The molecule has 1 aromatic carbocycles. The molecule has 1 aromatic rings. The summed E-state index contributed by atoms with van der Waals surface area (Å²) in [6.45, 7) is 17.8. The summed E-state index contributed by atoms with van der Waals surface area (Å²) in [5, 5.41) is 1.59. The summed E-state index contributed by atoms with van der Waals surface area (Å²) in [6, 6.07) is 8.42. The van der Waals surface area contributed by atoms with Gasteiger partial charge in [0.25, 0.3) is 0 Å². The van der Waals surface area contributed by atoms with Crippen molar-refractivity contribution >= 4 is 77.0 Å². The average Bonchev–Trinajstić information content (AvgIpc) is 2.86. The van der Waals surface area contributed by atoms with E-state index >= 15 is 0 Å². The molecule has 0 heterocycles. The predicted molar refractivity (Wildman–Crippen MR) is 190 cm³/mol. The Bertz CT molecular complexity index is 1140. The van der Waals surface area contributed by atoms with Gasteiger partial charge in [-0.1, -0.05) is 147 Å². The minimum absolute atomic E-state index is 0.0277. The van der Waals surface area contributed by atoms with Gasteiger partial charge in [-0.15, -0.1) is 0 Å². The molecule has 2 aliphatic rings. The summed E-state index contributed by atoms with van der Waals surface area (Å²) in [7, 11) is -1.41. The van der Waals surface area contributed by atoms with Gasteiger partial charge in [-0.3, -0.25) is 0 Å². The van der Waals surface area contributed by atoms with Crippen molar-refractivity contribution in [3.63, 3.8) is 0 Å². The van der Waals surface area contributed by atoms with Gasteiger partial charge in [0.05, 0.1) is 24.0 Å². The Kier molecular flexibility index (Phi) is 13.1. The molecular formula is C33H46Br4O2Si. The number of hydrogen-bond acceptors (Lipinski definition) is 2. The van der Waals surface area contributed by atoms with Crippen LogP contribution in [0.15, 0.2) is 61.2 Å². The first-order valence-corrected chi connectivity index (χ1v) is 21.1. The van der Waals surface area contributed by atoms with Gasteiger partial charge in [0.15, 0.2) is 0 Å². The number of halogens is 4. The number of ether oxygens (including phenoxy) is 2. The molecule has 3 atom stereocenters. The monoisotopic (exact) mass is 818 g/mol. The molecule has 0 spiro atoms. The van der Waals surface area contributed by atoms with Crippen molar-refractivity contribution in [1.29, 1.82) is 0 Å². The van der Waals surface area contributed by atoms with Gasteiger partial charge in [0.1, 0.15) is 11.9 Å². The maximum absolute atomic E-state index is 6.32. The predicted octanol–water partition coefficient (Wildman–Crippen LogP) is 11.1. The van der Waals surface area contributed by atoms with E-state index in [2.05, 4.69) is 148 Å². The summed E-state index contributed by atoms with van der Waals surface area (Å²) < 4.78 is 15.7. The topological polar surface area (TPSA) is 18.5 Å². The zero-order chi connectivity index (χ0) is 29.7. The second-order valence-corrected chi connectivity index (χ2v) is 21.2. The highest BCUT2D eigenvalue weighted by Gasteiger charge is 2.38. The molecule has 7 heteroatoms. The van der Waals surface area contributed by atoms with E-state index in [1.165, 1.54) is 35.6 Å². The van der Waals surface area contributed by atoms with E-state index in [-0.39, 0.29) is 16.3 Å². The van der Waals surface area contributed by atoms with E-state index in [4.69, 9.17) is 9.47 Å². The van der Waals surface area contributed by atoms with Gasteiger partial charge in [-0.2, -0.15) is 0 Å². The zero-order valence-corrected chi connectivity index (χ0v) is 32.5. The lowest BCUT2D eigenvalue weighted by atomic mass is 9.69. The zero-order valence-electron chi connectivity index (χ0n) is 25.2. The van der Waals surface area contributed by atoms with Crippen LogP contribution < -0.4 is 5.19 Å². The lowest BCUT2D eigenvalue weighted by Crippen LogP contribution is -2.41. The fourth-order valence-electron chi connectivity index (χ4n) is 5.59. The van der Waals surface area contributed by atoms with Crippen LogP contribution in [0.4, 0.5) is 0 Å². The SMILES string of the molecule is CCCOC1C(Br)=CC(C(C)(C)C2C=C(Br)C(OCCCCC[Si](C)(C)c3cc(C)cc(C)c3)=C(Br)C2)=CC1Br. The standard InChI is InChI=1S/C33H46Br4O2Si/c1-8-12-38-31-27(34)18-24(19-28(31)35)33(4,5)25-20-29(36)32(30(37)21-25)39-13-10-9-11-14-40(6,7)26-16-22(2)15-23(3)17-26/h15-20,25,27,31H,8-14,21H2,1-7H3. The van der Waals surface area contributed by atoms with Crippen molar-refractivity contribution in [3.8, 4) is 0 Å². The summed E-state index contributed by atoms with van der Waals surface area (Å²) in [5.41, 5.74) is 4.03. The molecule has 0 radical (unpaired) electrons. The Hall–Kier alpha value is 0.0769. The van der Waals surface area contributed by atoms with Crippen LogP contribution in [-0.2, 0) is 9.47 Å². The Morgan fingerprint density at radius 3 is 2.23 bits per heavy atom. The van der Waals surface area contributed by atoms with Gasteiger partial charge >= 0.3 is 0 Å². The quantitative estimate of drug-likeness (QED) is 0.112. The number of allylic oxidation sites excluding steroid dienone is 5. The minimum Gasteiger partial charge on any atom is -0.492 e. The molecule has 3 unspecified atom stereocenters. The van der Waals surface area contributed by atoms with Crippen molar-refractivity contribution < 1.29 is 9.47 Å². The molecule has 0 bridgehead atoms. The fourth-order valence-corrected chi connectivity index (χ4v) is 11.6. The van der Waals surface area contributed by atoms with E-state index in [0.29, 0.717) is 5.92 Å². The van der Waals surface area contributed by atoms with Crippen LogP contribution in [0.5, 0.6) is 0 Å². The molecule has 0 amide bonds. The minimum atomic E-state index is -1.41. The van der Waals surface area contributed by atoms with Crippen LogP contribution in [0.1, 0.15) is 64.0 Å². The molecule has 0 saturated heterocycles. The molecule has 40 heavy (non-hydrogen) atoms. The molecule has 0 fully saturated rings. The van der Waals surface area contributed by atoms with Gasteiger partial charge in [0, 0.05) is 15.6 Å². The van der Waals surface area contributed by atoms with Gasteiger partial charge in [0.2, 0.25) is 0 Å². The van der Waals surface area contributed by atoms with E-state index in [1.807, 2.05) is 0 Å². The van der Waals surface area contributed by atoms with Crippen LogP contribution in [0.2, 0.25) is 19.1 Å². The Balaban J connectivity index is 1.52. The van der Waals surface area contributed by atoms with Gasteiger partial charge < -0.3 is 9.47 Å². The number of alkyl halides is 1. The number of aryl methyl sites for hydroxylation is 2. The highest BCUT2D eigenvalue weighted by Crippen LogP contribution is 2.49. The lowest BCUT2D eigenvalue weighted by molar-refractivity contribution is 0.0884. The van der Waals surface area contributed by atoms with E-state index in [0.717, 1.165) is 51.7 Å². The number of hydrogen-bond donors (Lipinski definition) is 0. The normalized spacial score (nSPS) is 22.2. The lowest BCUT2D eigenvalue weighted by Gasteiger charge is -2.39. The summed E-state index contributed by atoms with van der Waals surface area (Å²) in [4.78, 5) is 0.149.